The molecular formula is C9H10NO6+. The number of carboxylic acids is 1. The fourth-order valence-electron chi connectivity index (χ4n) is 0.866. The van der Waals surface area contributed by atoms with Gasteiger partial charge < -0.3 is 15.3 Å². The van der Waals surface area contributed by atoms with Gasteiger partial charge in [-0.1, -0.05) is 6.07 Å². The van der Waals surface area contributed by atoms with Crippen molar-refractivity contribution in [1.29, 1.82) is 0 Å². The Balaban J connectivity index is 2.63. The Kier molecular flexibility index (Phi) is 3.92. The van der Waals surface area contributed by atoms with Crippen LogP contribution in [-0.4, -0.2) is 39.5 Å². The average Bonchev–Trinajstić information content (AvgIpc) is 2.28. The van der Waals surface area contributed by atoms with Gasteiger partial charge in [0.05, 0.1) is 0 Å². The molecule has 0 saturated carbocycles. The van der Waals surface area contributed by atoms with Crippen LogP contribution in [0.25, 0.3) is 0 Å². The number of hydrogen-bond acceptors (Lipinski definition) is 5. The normalized spacial score (nSPS) is 13.9. The topological polar surface area (TPSA) is 108 Å². The molecule has 0 amide bonds. The molecule has 0 spiro atoms. The van der Waals surface area contributed by atoms with Gasteiger partial charge in [-0.2, -0.15) is 4.84 Å². The number of carbonyl (C=O) groups is 2. The zero-order valence-corrected chi connectivity index (χ0v) is 8.06. The molecule has 2 unspecified atom stereocenters. The molecule has 7 heteroatoms. The van der Waals surface area contributed by atoms with E-state index in [1.165, 1.54) is 12.4 Å². The molecule has 0 aliphatic rings. The number of aliphatic hydroxyl groups is 2. The lowest BCUT2D eigenvalue weighted by Gasteiger charge is -2.08. The van der Waals surface area contributed by atoms with E-state index < -0.39 is 24.1 Å². The van der Waals surface area contributed by atoms with Crippen LogP contribution in [0.15, 0.2) is 30.6 Å². The molecule has 16 heavy (non-hydrogen) atoms. The number of aromatic nitrogens is 1. The van der Waals surface area contributed by atoms with Crippen molar-refractivity contribution >= 4 is 11.9 Å². The van der Waals surface area contributed by atoms with E-state index in [4.69, 9.17) is 15.3 Å². The highest BCUT2D eigenvalue weighted by Crippen LogP contribution is 1.94. The van der Waals surface area contributed by atoms with Gasteiger partial charge in [-0.15, -0.1) is 0 Å². The lowest BCUT2D eigenvalue weighted by Crippen LogP contribution is -2.52. The van der Waals surface area contributed by atoms with Crippen LogP contribution >= 0.6 is 0 Å². The minimum absolute atomic E-state index is 0.972. The van der Waals surface area contributed by atoms with Crippen LogP contribution in [0.4, 0.5) is 0 Å². The number of carboxylic acid groups (broad SMARTS) is 1. The maximum absolute atomic E-state index is 11.1. The highest BCUT2D eigenvalue weighted by atomic mass is 16.7. The first-order valence-corrected chi connectivity index (χ1v) is 4.30. The molecule has 0 saturated heterocycles. The molecule has 1 rings (SSSR count). The summed E-state index contributed by atoms with van der Waals surface area (Å²) in [4.78, 5) is 26.0. The van der Waals surface area contributed by atoms with Gasteiger partial charge in [-0.05, 0) is 0 Å². The molecular weight excluding hydrogens is 218 g/mol. The van der Waals surface area contributed by atoms with E-state index in [-0.39, 0.29) is 0 Å². The lowest BCUT2D eigenvalue weighted by atomic mass is 10.2. The fraction of sp³-hybridized carbons (Fsp3) is 0.222. The summed E-state index contributed by atoms with van der Waals surface area (Å²) in [6, 6.07) is 4.80. The van der Waals surface area contributed by atoms with Crippen molar-refractivity contribution < 1.29 is 34.5 Å². The van der Waals surface area contributed by atoms with Crippen LogP contribution in [0.2, 0.25) is 0 Å². The summed E-state index contributed by atoms with van der Waals surface area (Å²) < 4.78 is 0.972. The maximum Gasteiger partial charge on any atom is 0.411 e. The minimum atomic E-state index is -2.21. The molecule has 3 N–H and O–H groups in total. The van der Waals surface area contributed by atoms with Gasteiger partial charge >= 0.3 is 11.9 Å². The molecule has 86 valence electrons. The van der Waals surface area contributed by atoms with E-state index in [0.717, 1.165) is 4.73 Å². The van der Waals surface area contributed by atoms with Crippen LogP contribution in [0.1, 0.15) is 0 Å². The van der Waals surface area contributed by atoms with Gasteiger partial charge in [0.1, 0.15) is 0 Å². The number of rotatable bonds is 4. The molecule has 0 bridgehead atoms. The molecule has 0 aliphatic heterocycles. The van der Waals surface area contributed by atoms with E-state index in [2.05, 4.69) is 4.84 Å². The average molecular weight is 228 g/mol. The molecule has 1 aromatic heterocycles. The van der Waals surface area contributed by atoms with E-state index in [0.29, 0.717) is 0 Å². The summed E-state index contributed by atoms with van der Waals surface area (Å²) in [6.45, 7) is 0. The molecule has 1 aromatic rings. The Morgan fingerprint density at radius 3 is 2.12 bits per heavy atom. The summed E-state index contributed by atoms with van der Waals surface area (Å²) in [7, 11) is 0. The Bertz CT molecular complexity index is 379. The second-order valence-corrected chi connectivity index (χ2v) is 2.87. The quantitative estimate of drug-likeness (QED) is 0.502. The first-order chi connectivity index (χ1) is 7.52. The van der Waals surface area contributed by atoms with Crippen LogP contribution in [0.3, 0.4) is 0 Å². The number of aliphatic carboxylic acids is 1. The van der Waals surface area contributed by atoms with Crippen LogP contribution < -0.4 is 9.57 Å². The van der Waals surface area contributed by atoms with Crippen LogP contribution in [-0.2, 0) is 9.59 Å². The standard InChI is InChI=1S/C9H9NO6/c11-6(8(13)14)7(12)9(15)16-10-4-2-1-3-5-10/h1-7,11-12H/p+1. The van der Waals surface area contributed by atoms with Crippen molar-refractivity contribution in [3.05, 3.63) is 30.6 Å². The van der Waals surface area contributed by atoms with E-state index in [9.17, 15) is 9.59 Å². The van der Waals surface area contributed by atoms with Gasteiger partial charge in [0.2, 0.25) is 12.4 Å². The molecule has 0 aliphatic carbocycles. The minimum Gasteiger partial charge on any atom is -0.479 e. The fourth-order valence-corrected chi connectivity index (χ4v) is 0.866. The number of carbonyl (C=O) groups excluding carboxylic acids is 1. The highest BCUT2D eigenvalue weighted by Gasteiger charge is 2.34. The smallest absolute Gasteiger partial charge is 0.411 e. The summed E-state index contributed by atoms with van der Waals surface area (Å²) in [5.41, 5.74) is 0. The molecule has 2 atom stereocenters. The zero-order valence-electron chi connectivity index (χ0n) is 8.06. The molecule has 0 aromatic carbocycles. The van der Waals surface area contributed by atoms with E-state index in [1.807, 2.05) is 0 Å². The van der Waals surface area contributed by atoms with Crippen molar-refractivity contribution in [2.45, 2.75) is 12.2 Å². The number of hydrogen-bond donors (Lipinski definition) is 3. The highest BCUT2D eigenvalue weighted by molar-refractivity contribution is 5.83. The maximum atomic E-state index is 11.1. The molecule has 1 heterocycles. The Labute approximate surface area is 90.1 Å². The summed E-state index contributed by atoms with van der Waals surface area (Å²) in [5.74, 6) is -2.96. The van der Waals surface area contributed by atoms with Crippen LogP contribution in [0.5, 0.6) is 0 Å². The second kappa shape index (κ2) is 5.19. The van der Waals surface area contributed by atoms with Crippen molar-refractivity contribution in [3.8, 4) is 0 Å². The third kappa shape index (κ3) is 3.01. The first-order valence-electron chi connectivity index (χ1n) is 4.30. The summed E-state index contributed by atoms with van der Waals surface area (Å²) in [6.07, 6.45) is -1.60. The third-order valence-electron chi connectivity index (χ3n) is 1.68. The van der Waals surface area contributed by atoms with Gasteiger partial charge in [0.15, 0.2) is 12.2 Å². The van der Waals surface area contributed by atoms with E-state index >= 15 is 0 Å². The van der Waals surface area contributed by atoms with Crippen molar-refractivity contribution in [3.63, 3.8) is 0 Å². The molecule has 0 fully saturated rings. The monoisotopic (exact) mass is 228 g/mol. The number of pyridine rings is 1. The van der Waals surface area contributed by atoms with Crippen molar-refractivity contribution in [1.82, 2.24) is 0 Å². The van der Waals surface area contributed by atoms with Crippen molar-refractivity contribution in [2.75, 3.05) is 0 Å². The number of aliphatic hydroxyl groups excluding tert-OH is 2. The zero-order chi connectivity index (χ0) is 12.1. The largest absolute Gasteiger partial charge is 0.479 e. The van der Waals surface area contributed by atoms with E-state index in [1.54, 1.807) is 18.2 Å². The Hall–Kier alpha value is -1.99. The second-order valence-electron chi connectivity index (χ2n) is 2.87. The van der Waals surface area contributed by atoms with Gasteiger partial charge in [0, 0.05) is 16.9 Å². The predicted molar refractivity (Wildman–Crippen MR) is 47.9 cm³/mol. The Morgan fingerprint density at radius 2 is 1.62 bits per heavy atom. The SMILES string of the molecule is O=C(O)C(O)C(O)C(=O)O[n+]1ccccc1. The summed E-state index contributed by atoms with van der Waals surface area (Å²) >= 11 is 0. The molecule has 0 radical (unpaired) electrons. The Morgan fingerprint density at radius 1 is 1.06 bits per heavy atom. The van der Waals surface area contributed by atoms with Crippen molar-refractivity contribution in [2.24, 2.45) is 0 Å². The predicted octanol–water partition coefficient (Wildman–Crippen LogP) is -2.26. The van der Waals surface area contributed by atoms with Gasteiger partial charge in [0.25, 0.3) is 0 Å². The lowest BCUT2D eigenvalue weighted by molar-refractivity contribution is -0.870. The number of nitrogens with zero attached hydrogens (tertiary/aromatic N) is 1. The van der Waals surface area contributed by atoms with Crippen LogP contribution in [0, 0.1) is 0 Å². The first kappa shape index (κ1) is 12.1. The summed E-state index contributed by atoms with van der Waals surface area (Å²) in [5, 5.41) is 26.3. The molecule has 7 nitrogen and oxygen atoms in total. The van der Waals surface area contributed by atoms with Gasteiger partial charge in [-0.3, -0.25) is 0 Å². The van der Waals surface area contributed by atoms with Gasteiger partial charge in [-0.25, -0.2) is 9.59 Å². The third-order valence-corrected chi connectivity index (χ3v) is 1.68.